The molecular weight excluding hydrogens is 380 g/mol. The van der Waals surface area contributed by atoms with Crippen LogP contribution >= 0.6 is 0 Å². The third-order valence-corrected chi connectivity index (χ3v) is 6.32. The van der Waals surface area contributed by atoms with E-state index in [9.17, 15) is 9.59 Å². The van der Waals surface area contributed by atoms with Crippen LogP contribution in [0.2, 0.25) is 0 Å². The molecule has 3 heterocycles. The summed E-state index contributed by atoms with van der Waals surface area (Å²) < 4.78 is 6.49. The van der Waals surface area contributed by atoms with Gasteiger partial charge in [-0.05, 0) is 62.9 Å². The van der Waals surface area contributed by atoms with Gasteiger partial charge in [0.1, 0.15) is 12.3 Å². The van der Waals surface area contributed by atoms with Crippen molar-refractivity contribution in [2.24, 2.45) is 5.92 Å². The maximum atomic E-state index is 12.6. The van der Waals surface area contributed by atoms with E-state index in [4.69, 9.17) is 4.74 Å². The zero-order valence-corrected chi connectivity index (χ0v) is 17.5. The van der Waals surface area contributed by atoms with E-state index in [0.29, 0.717) is 29.9 Å². The normalized spacial score (nSPS) is 21.6. The molecule has 0 spiro atoms. The molecule has 0 bridgehead atoms. The Morgan fingerprint density at radius 3 is 2.90 bits per heavy atom. The van der Waals surface area contributed by atoms with E-state index in [0.717, 1.165) is 12.0 Å². The Balaban J connectivity index is 1.40. The average molecular weight is 411 g/mol. The number of ether oxygens (including phenoxy) is 1. The van der Waals surface area contributed by atoms with Crippen LogP contribution in [-0.4, -0.2) is 53.4 Å². The molecule has 1 aromatic carbocycles. The van der Waals surface area contributed by atoms with Crippen LogP contribution in [0.1, 0.15) is 32.1 Å². The fourth-order valence-corrected chi connectivity index (χ4v) is 4.75. The number of methoxy groups -OCH3 is 1. The molecule has 0 radical (unpaired) electrons. The summed E-state index contributed by atoms with van der Waals surface area (Å²) in [6.45, 7) is 2.97. The van der Waals surface area contributed by atoms with E-state index in [1.807, 2.05) is 24.3 Å². The number of aromatic nitrogens is 2. The van der Waals surface area contributed by atoms with Crippen LogP contribution in [-0.2, 0) is 11.3 Å². The molecule has 2 aromatic rings. The van der Waals surface area contributed by atoms with Crippen LogP contribution in [0.15, 0.2) is 41.2 Å². The van der Waals surface area contributed by atoms with Gasteiger partial charge in [-0.15, -0.1) is 0 Å². The molecule has 160 valence electrons. The van der Waals surface area contributed by atoms with Crippen molar-refractivity contribution >= 4 is 5.91 Å². The van der Waals surface area contributed by atoms with Crippen LogP contribution in [0.4, 0.5) is 0 Å². The highest BCUT2D eigenvalue weighted by atomic mass is 16.5. The molecule has 0 unspecified atom stereocenters. The van der Waals surface area contributed by atoms with Gasteiger partial charge in [0.25, 0.3) is 5.56 Å². The molecule has 2 aliphatic heterocycles. The number of hydrogen-bond donors (Lipinski definition) is 1. The van der Waals surface area contributed by atoms with Crippen molar-refractivity contribution in [2.75, 3.05) is 26.7 Å². The minimum Gasteiger partial charge on any atom is -0.497 e. The standard InChI is InChI=1S/C23H30N4O3/c1-30-19-8-4-6-17(14-19)20-10-11-23(29)27(25-20)16-22(28)24-15-18-7-5-13-26-12-3-2-9-21(18)26/h4,6,8,10-11,14,18,21H,2-3,5,7,9,12-13,15-16H2,1H3,(H,24,28)/t18-,21-/m1/s1. The molecule has 30 heavy (non-hydrogen) atoms. The average Bonchev–Trinajstić information content (AvgIpc) is 2.79. The first kappa shape index (κ1) is 20.6. The second-order valence-electron chi connectivity index (χ2n) is 8.25. The third-order valence-electron chi connectivity index (χ3n) is 6.32. The molecule has 7 heteroatoms. The van der Waals surface area contributed by atoms with Crippen LogP contribution in [0.5, 0.6) is 5.75 Å². The summed E-state index contributed by atoms with van der Waals surface area (Å²) in [6, 6.07) is 11.2. The number of carbonyl (C=O) groups excluding carboxylic acids is 1. The molecule has 0 aliphatic carbocycles. The van der Waals surface area contributed by atoms with Crippen molar-refractivity contribution in [3.05, 3.63) is 46.8 Å². The quantitative estimate of drug-likeness (QED) is 0.791. The minimum atomic E-state index is -0.284. The molecule has 2 atom stereocenters. The van der Waals surface area contributed by atoms with Crippen molar-refractivity contribution in [1.82, 2.24) is 20.0 Å². The summed E-state index contributed by atoms with van der Waals surface area (Å²) in [5.74, 6) is 1.05. The lowest BCUT2D eigenvalue weighted by molar-refractivity contribution is -0.122. The summed E-state index contributed by atoms with van der Waals surface area (Å²) in [5, 5.41) is 7.45. The number of carbonyl (C=O) groups is 1. The van der Waals surface area contributed by atoms with E-state index >= 15 is 0 Å². The molecule has 0 saturated carbocycles. The van der Waals surface area contributed by atoms with Gasteiger partial charge in [0.2, 0.25) is 5.91 Å². The van der Waals surface area contributed by atoms with E-state index < -0.39 is 0 Å². The van der Waals surface area contributed by atoms with E-state index in [1.165, 1.54) is 49.5 Å². The van der Waals surface area contributed by atoms with Gasteiger partial charge in [-0.1, -0.05) is 18.6 Å². The molecule has 2 saturated heterocycles. The smallest absolute Gasteiger partial charge is 0.267 e. The van der Waals surface area contributed by atoms with Gasteiger partial charge in [0.05, 0.1) is 12.8 Å². The zero-order chi connectivity index (χ0) is 20.9. The molecule has 2 aliphatic rings. The third kappa shape index (κ3) is 4.73. The predicted octanol–water partition coefficient (Wildman–Crippen LogP) is 2.30. The summed E-state index contributed by atoms with van der Waals surface area (Å²) in [5.41, 5.74) is 1.18. The SMILES string of the molecule is COc1cccc(-c2ccc(=O)n(CC(=O)NC[C@H]3CCCN4CCCC[C@H]34)n2)c1. The highest BCUT2D eigenvalue weighted by Gasteiger charge is 2.32. The van der Waals surface area contributed by atoms with Crippen LogP contribution < -0.4 is 15.6 Å². The van der Waals surface area contributed by atoms with Crippen LogP contribution in [0.25, 0.3) is 11.3 Å². The maximum absolute atomic E-state index is 12.6. The number of nitrogens with zero attached hydrogens (tertiary/aromatic N) is 3. The number of benzene rings is 1. The second kappa shape index (κ2) is 9.43. The van der Waals surface area contributed by atoms with Crippen molar-refractivity contribution in [2.45, 2.75) is 44.7 Å². The highest BCUT2D eigenvalue weighted by Crippen LogP contribution is 2.30. The first-order valence-electron chi connectivity index (χ1n) is 10.9. The number of amides is 1. The lowest BCUT2D eigenvalue weighted by Crippen LogP contribution is -2.51. The predicted molar refractivity (Wildman–Crippen MR) is 115 cm³/mol. The van der Waals surface area contributed by atoms with Gasteiger partial charge < -0.3 is 15.0 Å². The number of rotatable bonds is 6. The second-order valence-corrected chi connectivity index (χ2v) is 8.25. The van der Waals surface area contributed by atoms with Crippen molar-refractivity contribution in [1.29, 1.82) is 0 Å². The first-order chi connectivity index (χ1) is 14.6. The molecular formula is C23H30N4O3. The van der Waals surface area contributed by atoms with Gasteiger partial charge in [-0.25, -0.2) is 4.68 Å². The van der Waals surface area contributed by atoms with E-state index in [2.05, 4.69) is 15.3 Å². The summed E-state index contributed by atoms with van der Waals surface area (Å²) in [4.78, 5) is 27.4. The van der Waals surface area contributed by atoms with Gasteiger partial charge in [-0.2, -0.15) is 5.10 Å². The Morgan fingerprint density at radius 1 is 1.17 bits per heavy atom. The Bertz CT molecular complexity index is 940. The molecule has 7 nitrogen and oxygen atoms in total. The maximum Gasteiger partial charge on any atom is 0.267 e. The largest absolute Gasteiger partial charge is 0.497 e. The van der Waals surface area contributed by atoms with Crippen LogP contribution in [0.3, 0.4) is 0 Å². The number of piperidine rings is 2. The monoisotopic (exact) mass is 410 g/mol. The molecule has 1 aromatic heterocycles. The molecule has 1 amide bonds. The Kier molecular flexibility index (Phi) is 6.47. The van der Waals surface area contributed by atoms with Gasteiger partial charge in [0.15, 0.2) is 0 Å². The number of fused-ring (bicyclic) bond motifs is 1. The number of hydrogen-bond acceptors (Lipinski definition) is 5. The van der Waals surface area contributed by atoms with Gasteiger partial charge >= 0.3 is 0 Å². The Hall–Kier alpha value is -2.67. The van der Waals surface area contributed by atoms with E-state index in [1.54, 1.807) is 13.2 Å². The first-order valence-corrected chi connectivity index (χ1v) is 10.9. The lowest BCUT2D eigenvalue weighted by atomic mass is 9.83. The summed E-state index contributed by atoms with van der Waals surface area (Å²) in [7, 11) is 1.61. The highest BCUT2D eigenvalue weighted by molar-refractivity contribution is 5.75. The van der Waals surface area contributed by atoms with Crippen molar-refractivity contribution in [3.63, 3.8) is 0 Å². The molecule has 1 N–H and O–H groups in total. The lowest BCUT2D eigenvalue weighted by Gasteiger charge is -2.44. The summed E-state index contributed by atoms with van der Waals surface area (Å²) in [6.07, 6.45) is 6.14. The summed E-state index contributed by atoms with van der Waals surface area (Å²) >= 11 is 0. The Morgan fingerprint density at radius 2 is 2.03 bits per heavy atom. The zero-order valence-electron chi connectivity index (χ0n) is 17.5. The molecule has 4 rings (SSSR count). The van der Waals surface area contributed by atoms with Gasteiger partial charge in [-0.3, -0.25) is 9.59 Å². The molecule has 2 fully saturated rings. The fourth-order valence-electron chi connectivity index (χ4n) is 4.75. The fraction of sp³-hybridized carbons (Fsp3) is 0.522. The van der Waals surface area contributed by atoms with Gasteiger partial charge in [0, 0.05) is 24.2 Å². The topological polar surface area (TPSA) is 76.5 Å². The van der Waals surface area contributed by atoms with Crippen LogP contribution in [0, 0.1) is 5.92 Å². The minimum absolute atomic E-state index is 0.0717. The number of nitrogens with one attached hydrogen (secondary N) is 1. The van der Waals surface area contributed by atoms with Crippen molar-refractivity contribution in [3.8, 4) is 17.0 Å². The van der Waals surface area contributed by atoms with Crippen molar-refractivity contribution < 1.29 is 9.53 Å². The van der Waals surface area contributed by atoms with E-state index in [-0.39, 0.29) is 18.0 Å². The Labute approximate surface area is 177 Å².